The summed E-state index contributed by atoms with van der Waals surface area (Å²) in [6.07, 6.45) is 3.85. The molecule has 0 aliphatic heterocycles. The molecule has 0 bridgehead atoms. The summed E-state index contributed by atoms with van der Waals surface area (Å²) in [4.78, 5) is 9.71. The summed E-state index contributed by atoms with van der Waals surface area (Å²) in [5, 5.41) is 14.0. The van der Waals surface area contributed by atoms with Gasteiger partial charge in [0.05, 0.1) is 23.4 Å². The van der Waals surface area contributed by atoms with Crippen LogP contribution in [0.4, 0.5) is 5.82 Å². The van der Waals surface area contributed by atoms with Gasteiger partial charge in [0.1, 0.15) is 0 Å². The summed E-state index contributed by atoms with van der Waals surface area (Å²) in [5.41, 5.74) is 0. The zero-order valence-corrected chi connectivity index (χ0v) is 5.80. The molecule has 1 heterocycles. The van der Waals surface area contributed by atoms with Crippen molar-refractivity contribution in [3.63, 3.8) is 0 Å². The smallest absolute Gasteiger partial charge is 0.358 e. The molecule has 1 aromatic heterocycles. The van der Waals surface area contributed by atoms with Crippen molar-refractivity contribution < 1.29 is 4.92 Å². The highest BCUT2D eigenvalue weighted by Gasteiger charge is 2.28. The molecule has 5 heteroatoms. The summed E-state index contributed by atoms with van der Waals surface area (Å²) >= 11 is 0. The number of aromatic nitrogens is 2. The molecule has 0 saturated heterocycles. The van der Waals surface area contributed by atoms with Crippen LogP contribution in [0, 0.1) is 10.1 Å². The van der Waals surface area contributed by atoms with Gasteiger partial charge in [0, 0.05) is 0 Å². The standard InChI is InChI=1S/C6H7N3O2/c10-9(11)6-3-4-8(7-6)5-1-2-5/h3-5H,1-2H2. The van der Waals surface area contributed by atoms with Crippen LogP contribution in [0.2, 0.25) is 0 Å². The Hall–Kier alpha value is -1.39. The Morgan fingerprint density at radius 3 is 2.91 bits per heavy atom. The van der Waals surface area contributed by atoms with E-state index < -0.39 is 4.92 Å². The van der Waals surface area contributed by atoms with Gasteiger partial charge < -0.3 is 10.1 Å². The van der Waals surface area contributed by atoms with Crippen LogP contribution in [0.3, 0.4) is 0 Å². The molecule has 1 fully saturated rings. The lowest BCUT2D eigenvalue weighted by atomic mass is 10.6. The van der Waals surface area contributed by atoms with E-state index in [0.29, 0.717) is 6.04 Å². The van der Waals surface area contributed by atoms with Gasteiger partial charge in [-0.1, -0.05) is 0 Å². The van der Waals surface area contributed by atoms with Crippen molar-refractivity contribution in [2.24, 2.45) is 0 Å². The van der Waals surface area contributed by atoms with Crippen LogP contribution in [-0.4, -0.2) is 14.7 Å². The van der Waals surface area contributed by atoms with Crippen molar-refractivity contribution in [1.82, 2.24) is 9.78 Å². The van der Waals surface area contributed by atoms with Gasteiger partial charge in [0.2, 0.25) is 0 Å². The highest BCUT2D eigenvalue weighted by atomic mass is 16.6. The average Bonchev–Trinajstić information content (AvgIpc) is 2.68. The molecule has 0 radical (unpaired) electrons. The summed E-state index contributed by atoms with van der Waals surface area (Å²) in [6.45, 7) is 0. The largest absolute Gasteiger partial charge is 0.389 e. The van der Waals surface area contributed by atoms with Gasteiger partial charge in [0.25, 0.3) is 0 Å². The zero-order chi connectivity index (χ0) is 7.84. The molecule has 0 atom stereocenters. The molecular weight excluding hydrogens is 146 g/mol. The lowest BCUT2D eigenvalue weighted by Crippen LogP contribution is -1.95. The Morgan fingerprint density at radius 2 is 2.45 bits per heavy atom. The van der Waals surface area contributed by atoms with Gasteiger partial charge in [-0.05, 0) is 17.8 Å². The third-order valence-corrected chi connectivity index (χ3v) is 1.70. The molecule has 1 saturated carbocycles. The summed E-state index contributed by atoms with van der Waals surface area (Å²) in [7, 11) is 0. The second-order valence-electron chi connectivity index (χ2n) is 2.64. The topological polar surface area (TPSA) is 61.0 Å². The average molecular weight is 153 g/mol. The maximum absolute atomic E-state index is 10.2. The predicted molar refractivity (Wildman–Crippen MR) is 37.2 cm³/mol. The summed E-state index contributed by atoms with van der Waals surface area (Å²) in [6, 6.07) is 1.85. The second-order valence-corrected chi connectivity index (χ2v) is 2.64. The highest BCUT2D eigenvalue weighted by molar-refractivity contribution is 5.15. The van der Waals surface area contributed by atoms with Crippen molar-refractivity contribution in [3.8, 4) is 0 Å². The fourth-order valence-electron chi connectivity index (χ4n) is 0.968. The SMILES string of the molecule is O=[N+]([O-])c1ccn(C2CC2)n1. The molecular formula is C6H7N3O2. The van der Waals surface area contributed by atoms with E-state index in [2.05, 4.69) is 5.10 Å². The maximum atomic E-state index is 10.2. The van der Waals surface area contributed by atoms with Gasteiger partial charge in [-0.25, -0.2) is 0 Å². The first kappa shape index (κ1) is 6.33. The minimum atomic E-state index is -0.473. The first-order valence-electron chi connectivity index (χ1n) is 3.47. The van der Waals surface area contributed by atoms with Crippen LogP contribution in [0.25, 0.3) is 0 Å². The molecule has 0 unspecified atom stereocenters. The van der Waals surface area contributed by atoms with Crippen LogP contribution >= 0.6 is 0 Å². The monoisotopic (exact) mass is 153 g/mol. The van der Waals surface area contributed by atoms with Crippen LogP contribution in [0.1, 0.15) is 18.9 Å². The van der Waals surface area contributed by atoms with Crippen molar-refractivity contribution in [3.05, 3.63) is 22.4 Å². The quantitative estimate of drug-likeness (QED) is 0.472. The van der Waals surface area contributed by atoms with Crippen molar-refractivity contribution in [2.75, 3.05) is 0 Å². The lowest BCUT2D eigenvalue weighted by Gasteiger charge is -1.86. The van der Waals surface area contributed by atoms with Crippen molar-refractivity contribution in [1.29, 1.82) is 0 Å². The first-order valence-corrected chi connectivity index (χ1v) is 3.47. The van der Waals surface area contributed by atoms with Crippen LogP contribution in [-0.2, 0) is 0 Å². The third kappa shape index (κ3) is 1.09. The molecule has 5 nitrogen and oxygen atoms in total. The number of hydrogen-bond donors (Lipinski definition) is 0. The molecule has 0 N–H and O–H groups in total. The van der Waals surface area contributed by atoms with Crippen LogP contribution in [0.5, 0.6) is 0 Å². The third-order valence-electron chi connectivity index (χ3n) is 1.70. The van der Waals surface area contributed by atoms with E-state index in [9.17, 15) is 10.1 Å². The van der Waals surface area contributed by atoms with Gasteiger partial charge in [-0.3, -0.25) is 0 Å². The Balaban J connectivity index is 2.25. The van der Waals surface area contributed by atoms with Gasteiger partial charge in [0.15, 0.2) is 0 Å². The summed E-state index contributed by atoms with van der Waals surface area (Å²) in [5.74, 6) is -0.0584. The van der Waals surface area contributed by atoms with E-state index in [1.54, 1.807) is 10.9 Å². The van der Waals surface area contributed by atoms with E-state index in [1.807, 2.05) is 0 Å². The Kier molecular flexibility index (Phi) is 1.18. The second kappa shape index (κ2) is 2.05. The van der Waals surface area contributed by atoms with Gasteiger partial charge >= 0.3 is 5.82 Å². The van der Waals surface area contributed by atoms with Crippen molar-refractivity contribution in [2.45, 2.75) is 18.9 Å². The normalized spacial score (nSPS) is 16.7. The number of hydrogen-bond acceptors (Lipinski definition) is 3. The fraction of sp³-hybridized carbons (Fsp3) is 0.500. The minimum Gasteiger partial charge on any atom is -0.358 e. The molecule has 58 valence electrons. The Morgan fingerprint density at radius 1 is 1.73 bits per heavy atom. The molecule has 0 spiro atoms. The van der Waals surface area contributed by atoms with Crippen molar-refractivity contribution >= 4 is 5.82 Å². The number of nitrogens with zero attached hydrogens (tertiary/aromatic N) is 3. The molecule has 0 aromatic carbocycles. The van der Waals surface area contributed by atoms with E-state index in [0.717, 1.165) is 12.8 Å². The molecule has 0 amide bonds. The molecule has 1 aromatic rings. The first-order chi connectivity index (χ1) is 5.27. The maximum Gasteiger partial charge on any atom is 0.389 e. The molecule has 1 aliphatic rings. The predicted octanol–water partition coefficient (Wildman–Crippen LogP) is 1.13. The zero-order valence-electron chi connectivity index (χ0n) is 5.80. The lowest BCUT2D eigenvalue weighted by molar-refractivity contribution is -0.389. The summed E-state index contributed by atoms with van der Waals surface area (Å²) < 4.78 is 1.66. The fourth-order valence-corrected chi connectivity index (χ4v) is 0.968. The Bertz CT molecular complexity index is 290. The van der Waals surface area contributed by atoms with Crippen LogP contribution in [0.15, 0.2) is 12.3 Å². The van der Waals surface area contributed by atoms with Gasteiger partial charge in [-0.2, -0.15) is 4.68 Å². The van der Waals surface area contributed by atoms with E-state index in [1.165, 1.54) is 6.07 Å². The number of rotatable bonds is 2. The molecule has 11 heavy (non-hydrogen) atoms. The highest BCUT2D eigenvalue weighted by Crippen LogP contribution is 2.34. The molecule has 2 rings (SSSR count). The van der Waals surface area contributed by atoms with E-state index in [-0.39, 0.29) is 5.82 Å². The minimum absolute atomic E-state index is 0.0584. The van der Waals surface area contributed by atoms with Gasteiger partial charge in [-0.15, -0.1) is 0 Å². The van der Waals surface area contributed by atoms with E-state index >= 15 is 0 Å². The van der Waals surface area contributed by atoms with Crippen LogP contribution < -0.4 is 0 Å². The molecule has 1 aliphatic carbocycles. The Labute approximate surface area is 62.8 Å². The number of nitro groups is 1. The van der Waals surface area contributed by atoms with E-state index in [4.69, 9.17) is 0 Å².